The highest BCUT2D eigenvalue weighted by Gasteiger charge is 2.22. The molecule has 0 saturated heterocycles. The van der Waals surface area contributed by atoms with Gasteiger partial charge in [0.1, 0.15) is 0 Å². The summed E-state index contributed by atoms with van der Waals surface area (Å²) in [5.41, 5.74) is 28.0. The van der Waals surface area contributed by atoms with Crippen molar-refractivity contribution < 1.29 is 0 Å². The zero-order chi connectivity index (χ0) is 95.0. The van der Waals surface area contributed by atoms with Crippen molar-refractivity contribution in [2.24, 2.45) is 0 Å². The highest BCUT2D eigenvalue weighted by atomic mass is 15.1. The Balaban J connectivity index is 0.000000122. The van der Waals surface area contributed by atoms with Crippen molar-refractivity contribution in [3.8, 4) is 226 Å². The van der Waals surface area contributed by atoms with Gasteiger partial charge in [-0.1, -0.05) is 340 Å². The van der Waals surface area contributed by atoms with Crippen LogP contribution in [0.25, 0.3) is 237 Å². The number of hydrogen-bond acceptors (Lipinski definition) is 18. The minimum absolute atomic E-state index is 0.550. The monoisotopic (exact) mass is 1820 g/mol. The van der Waals surface area contributed by atoms with Crippen LogP contribution in [0.15, 0.2) is 498 Å². The summed E-state index contributed by atoms with van der Waals surface area (Å²) >= 11 is 0. The molecule has 0 aliphatic rings. The summed E-state index contributed by atoms with van der Waals surface area (Å²) in [6.45, 7) is 0. The molecule has 0 aliphatic heterocycles. The summed E-state index contributed by atoms with van der Waals surface area (Å²) in [6, 6.07) is 154. The van der Waals surface area contributed by atoms with Crippen molar-refractivity contribution in [2.45, 2.75) is 0 Å². The molecular weight excluding hydrogens is 1740 g/mol. The predicted molar refractivity (Wildman–Crippen MR) is 566 cm³/mol. The maximum atomic E-state index is 5.05. The molecule has 0 aliphatic carbocycles. The minimum atomic E-state index is 0.550. The third kappa shape index (κ3) is 20.2. The summed E-state index contributed by atoms with van der Waals surface area (Å²) < 4.78 is 0. The minimum Gasteiger partial charge on any atom is -0.255 e. The van der Waals surface area contributed by atoms with E-state index < -0.39 is 0 Å². The van der Waals surface area contributed by atoms with Gasteiger partial charge < -0.3 is 0 Å². The molecule has 0 N–H and O–H groups in total. The van der Waals surface area contributed by atoms with Crippen LogP contribution < -0.4 is 0 Å². The molecule has 0 radical (unpaired) electrons. The Morgan fingerprint density at radius 3 is 0.641 bits per heavy atom. The fourth-order valence-corrected chi connectivity index (χ4v) is 16.7. The van der Waals surface area contributed by atoms with Crippen molar-refractivity contribution in [3.63, 3.8) is 0 Å². The number of rotatable bonds is 20. The lowest BCUT2D eigenvalue weighted by Crippen LogP contribution is -2.00. The van der Waals surface area contributed by atoms with Crippen LogP contribution in [0.4, 0.5) is 0 Å². The Morgan fingerprint density at radius 2 is 0.338 bits per heavy atom. The van der Waals surface area contributed by atoms with E-state index in [1.54, 1.807) is 37.2 Å². The summed E-state index contributed by atoms with van der Waals surface area (Å²) in [5.74, 6) is 5.30. The first-order chi connectivity index (χ1) is 70.3. The van der Waals surface area contributed by atoms with Crippen LogP contribution in [0, 0.1) is 0 Å². The lowest BCUT2D eigenvalue weighted by molar-refractivity contribution is 1.07. The molecule has 18 heteroatoms. The molecule has 0 amide bonds. The van der Waals surface area contributed by atoms with Gasteiger partial charge in [-0.3, -0.25) is 29.9 Å². The van der Waals surface area contributed by atoms with Gasteiger partial charge in [-0.05, 0) is 188 Å². The van der Waals surface area contributed by atoms with Crippen LogP contribution >= 0.6 is 0 Å². The fraction of sp³-hybridized carbons (Fsp3) is 0. The van der Waals surface area contributed by atoms with E-state index in [0.29, 0.717) is 52.4 Å². The second kappa shape index (κ2) is 41.2. The average molecular weight is 1820 g/mol. The smallest absolute Gasteiger partial charge is 0.165 e. The SMILES string of the molecule is c1ccc(-c2cccc(-c3cc(-c4ccccn4)nc(-c4ccc(-c5nc(-c6ccccc6)nc(-c6ccccc6)n5)cn4)c3)c2)cc1.c1ccc(-c2nc(-c3ccccc3)nc(-c3ccc(-c4cc(-c5ccc6ccccc6c5)cc(-c5ccccn5)n4)nc3)n2)cc1.c1ccc(-c2nc(-c3ccccc3)nc(-c3ccc(-c4cc(-c5ccccc5-c5ccccc5)cc(-c5ccccn5)n4)nc3)n2)cc1. The van der Waals surface area contributed by atoms with Crippen molar-refractivity contribution in [1.29, 1.82) is 0 Å². The fourth-order valence-electron chi connectivity index (χ4n) is 16.7. The van der Waals surface area contributed by atoms with E-state index in [9.17, 15) is 0 Å². The Bertz CT molecular complexity index is 8330. The van der Waals surface area contributed by atoms with Gasteiger partial charge in [0.15, 0.2) is 52.4 Å². The van der Waals surface area contributed by atoms with Gasteiger partial charge in [-0.2, -0.15) is 0 Å². The first-order valence-electron chi connectivity index (χ1n) is 46.4. The van der Waals surface area contributed by atoms with E-state index in [4.69, 9.17) is 74.8 Å². The number of hydrogen-bond donors (Lipinski definition) is 0. The van der Waals surface area contributed by atoms with E-state index in [1.165, 1.54) is 16.3 Å². The highest BCUT2D eigenvalue weighted by Crippen LogP contribution is 2.40. The quantitative estimate of drug-likeness (QED) is 0.0690. The second-order valence-corrected chi connectivity index (χ2v) is 33.4. The van der Waals surface area contributed by atoms with Gasteiger partial charge in [0.05, 0.1) is 68.3 Å². The molecule has 24 rings (SSSR count). The molecule has 18 nitrogen and oxygen atoms in total. The second-order valence-electron chi connectivity index (χ2n) is 33.4. The van der Waals surface area contributed by atoms with Crippen molar-refractivity contribution in [1.82, 2.24) is 89.7 Å². The van der Waals surface area contributed by atoms with Gasteiger partial charge >= 0.3 is 0 Å². The van der Waals surface area contributed by atoms with Gasteiger partial charge in [-0.15, -0.1) is 0 Å². The van der Waals surface area contributed by atoms with Crippen molar-refractivity contribution >= 4 is 10.8 Å². The van der Waals surface area contributed by atoms with Gasteiger partial charge in [0.2, 0.25) is 0 Å². The molecule has 0 spiro atoms. The number of pyridine rings is 9. The van der Waals surface area contributed by atoms with Crippen LogP contribution in [0.1, 0.15) is 0 Å². The molecule has 0 unspecified atom stereocenters. The predicted octanol–water partition coefficient (Wildman–Crippen LogP) is 28.7. The Morgan fingerprint density at radius 1 is 0.106 bits per heavy atom. The van der Waals surface area contributed by atoms with Crippen molar-refractivity contribution in [2.75, 3.05) is 0 Å². The number of nitrogens with zero attached hydrogens (tertiary/aromatic N) is 18. The zero-order valence-electron chi connectivity index (χ0n) is 76.4. The lowest BCUT2D eigenvalue weighted by atomic mass is 9.93. The number of benzene rings is 12. The van der Waals surface area contributed by atoms with Gasteiger partial charge in [0.25, 0.3) is 0 Å². The average Bonchev–Trinajstić information content (AvgIpc) is 0.824. The third-order valence-electron chi connectivity index (χ3n) is 23.9. The molecule has 12 heterocycles. The molecule has 0 fully saturated rings. The highest BCUT2D eigenvalue weighted by molar-refractivity contribution is 5.90. The molecule has 0 bridgehead atoms. The summed E-state index contributed by atoms with van der Waals surface area (Å²) in [7, 11) is 0. The molecular formula is C124H82N18. The Labute approximate surface area is 819 Å². The number of fused-ring (bicyclic) bond motifs is 1. The molecule has 24 aromatic rings. The van der Waals surface area contributed by atoms with E-state index >= 15 is 0 Å². The zero-order valence-corrected chi connectivity index (χ0v) is 76.4. The van der Waals surface area contributed by atoms with Crippen LogP contribution in [0.3, 0.4) is 0 Å². The van der Waals surface area contributed by atoms with Crippen LogP contribution in [-0.2, 0) is 0 Å². The van der Waals surface area contributed by atoms with Gasteiger partial charge in [-0.25, -0.2) is 59.8 Å². The van der Waals surface area contributed by atoms with Gasteiger partial charge in [0, 0.05) is 87.3 Å². The first kappa shape index (κ1) is 87.6. The molecule has 12 aromatic carbocycles. The van der Waals surface area contributed by atoms with Crippen molar-refractivity contribution in [3.05, 3.63) is 498 Å². The summed E-state index contributed by atoms with van der Waals surface area (Å²) in [6.07, 6.45) is 10.8. The lowest BCUT2D eigenvalue weighted by Gasteiger charge is -2.13. The maximum Gasteiger partial charge on any atom is 0.165 e. The molecule has 142 heavy (non-hydrogen) atoms. The molecule has 668 valence electrons. The van der Waals surface area contributed by atoms with E-state index in [2.05, 4.69) is 191 Å². The summed E-state index contributed by atoms with van der Waals surface area (Å²) in [5, 5.41) is 2.38. The largest absolute Gasteiger partial charge is 0.255 e. The number of aromatic nitrogens is 18. The van der Waals surface area contributed by atoms with E-state index in [1.807, 2.05) is 285 Å². The van der Waals surface area contributed by atoms with Crippen LogP contribution in [0.5, 0.6) is 0 Å². The molecule has 12 aromatic heterocycles. The van der Waals surface area contributed by atoms with E-state index in [-0.39, 0.29) is 0 Å². The topological polar surface area (TPSA) is 232 Å². The first-order valence-corrected chi connectivity index (χ1v) is 46.4. The van der Waals surface area contributed by atoms with E-state index in [0.717, 1.165) is 168 Å². The maximum absolute atomic E-state index is 5.05. The van der Waals surface area contributed by atoms with Crippen LogP contribution in [0.2, 0.25) is 0 Å². The third-order valence-corrected chi connectivity index (χ3v) is 23.9. The standard InChI is InChI=1S/2C42H28N6.C40H26N6/c1-4-14-29(15-5-1)34-20-10-11-21-35(34)33-26-38(36-22-12-13-25-43-36)45-39(27-33)37-24-23-32(28-44-37)42-47-40(30-16-6-2-7-17-30)46-41(48-42)31-18-8-3-9-19-31;1-4-13-29(14-5-1)32-19-12-20-33(25-32)35-26-38(36-21-10-11-24-43-36)45-39(27-35)37-23-22-34(28-44-37)42-47-40(30-15-6-2-7-16-30)46-41(48-42)31-17-8-3-9-18-31;1-3-12-28(13-4-1)38-44-39(29-14-5-2-6-15-29)46-40(45-38)32-20-21-35(42-26-32)37-25-33(24-36(43-37)34-17-9-10-22-41-34)31-19-18-27-11-7-8-16-30(27)23-31/h2*1-28H;1-26H. The normalized spacial score (nSPS) is 11.0. The van der Waals surface area contributed by atoms with Crippen LogP contribution in [-0.4, -0.2) is 89.7 Å². The Kier molecular flexibility index (Phi) is 25.4. The Hall–Kier alpha value is -19.7. The summed E-state index contributed by atoms with van der Waals surface area (Å²) in [4.78, 5) is 87.1. The molecule has 0 saturated carbocycles. The molecule has 0 atom stereocenters.